The smallest absolute Gasteiger partial charge is 0.254 e. The maximum absolute atomic E-state index is 12.7. The number of rotatable bonds is 1. The van der Waals surface area contributed by atoms with Crippen LogP contribution in [0.5, 0.6) is 0 Å². The lowest BCUT2D eigenvalue weighted by molar-refractivity contribution is 0.0250. The van der Waals surface area contributed by atoms with Gasteiger partial charge in [0, 0.05) is 30.2 Å². The van der Waals surface area contributed by atoms with E-state index in [0.717, 1.165) is 17.3 Å². The zero-order valence-corrected chi connectivity index (χ0v) is 11.5. The molecule has 4 nitrogen and oxygen atoms in total. The highest BCUT2D eigenvalue weighted by Gasteiger charge is 2.28. The molecule has 1 fully saturated rings. The molecule has 20 heavy (non-hydrogen) atoms. The molecule has 1 N–H and O–H groups in total. The van der Waals surface area contributed by atoms with E-state index in [-0.39, 0.29) is 11.8 Å². The summed E-state index contributed by atoms with van der Waals surface area (Å²) in [4.78, 5) is 18.7. The number of aromatic nitrogens is 1. The van der Waals surface area contributed by atoms with Crippen molar-refractivity contribution in [1.82, 2.24) is 9.88 Å². The molecule has 0 saturated carbocycles. The van der Waals surface area contributed by atoms with Crippen LogP contribution in [0.2, 0.25) is 0 Å². The van der Waals surface area contributed by atoms with Crippen molar-refractivity contribution < 1.29 is 9.90 Å². The summed E-state index contributed by atoms with van der Waals surface area (Å²) in [6.45, 7) is 3.14. The molecule has 104 valence electrons. The first-order valence-electron chi connectivity index (χ1n) is 6.98. The number of amides is 1. The van der Waals surface area contributed by atoms with E-state index in [4.69, 9.17) is 0 Å². The molecule has 1 aromatic heterocycles. The quantitative estimate of drug-likeness (QED) is 0.863. The first-order chi connectivity index (χ1) is 9.66. The first-order valence-corrected chi connectivity index (χ1v) is 6.98. The summed E-state index contributed by atoms with van der Waals surface area (Å²) in [6.07, 6.45) is 2.14. The van der Waals surface area contributed by atoms with Crippen molar-refractivity contribution in [1.29, 1.82) is 0 Å². The second-order valence-corrected chi connectivity index (χ2v) is 5.46. The normalized spacial score (nSPS) is 23.0. The van der Waals surface area contributed by atoms with E-state index in [9.17, 15) is 9.90 Å². The second kappa shape index (κ2) is 5.21. The number of pyridine rings is 1. The molecule has 0 aliphatic carbocycles. The van der Waals surface area contributed by atoms with Crippen LogP contribution in [0.15, 0.2) is 36.5 Å². The van der Waals surface area contributed by atoms with Crippen molar-refractivity contribution in [2.75, 3.05) is 13.1 Å². The van der Waals surface area contributed by atoms with Crippen molar-refractivity contribution >= 4 is 16.8 Å². The Morgan fingerprint density at radius 2 is 2.20 bits per heavy atom. The number of aliphatic hydroxyl groups is 1. The average molecular weight is 270 g/mol. The van der Waals surface area contributed by atoms with Crippen LogP contribution in [0.4, 0.5) is 0 Å². The van der Waals surface area contributed by atoms with Crippen LogP contribution < -0.4 is 0 Å². The van der Waals surface area contributed by atoms with Crippen molar-refractivity contribution in [3.63, 3.8) is 0 Å². The molecule has 0 bridgehead atoms. The van der Waals surface area contributed by atoms with Gasteiger partial charge in [-0.1, -0.05) is 19.1 Å². The number of benzene rings is 1. The summed E-state index contributed by atoms with van der Waals surface area (Å²) < 4.78 is 0. The van der Waals surface area contributed by atoms with Gasteiger partial charge < -0.3 is 10.0 Å². The lowest BCUT2D eigenvalue weighted by atomic mass is 9.95. The number of nitrogens with zero attached hydrogens (tertiary/aromatic N) is 2. The Morgan fingerprint density at radius 3 is 3.00 bits per heavy atom. The summed E-state index contributed by atoms with van der Waals surface area (Å²) in [5.41, 5.74) is 1.49. The van der Waals surface area contributed by atoms with E-state index < -0.39 is 6.10 Å². The number of fused-ring (bicyclic) bond motifs is 1. The second-order valence-electron chi connectivity index (χ2n) is 5.46. The van der Waals surface area contributed by atoms with E-state index >= 15 is 0 Å². The van der Waals surface area contributed by atoms with Crippen LogP contribution in [-0.4, -0.2) is 40.1 Å². The molecular formula is C16H18N2O2. The van der Waals surface area contributed by atoms with Gasteiger partial charge in [0.1, 0.15) is 0 Å². The number of aliphatic hydroxyl groups excluding tert-OH is 1. The standard InChI is InChI=1S/C16H18N2O2/c1-11-7-9-18(10-15(11)19)16(20)13-4-2-6-14-12(13)5-3-8-17-14/h2-6,8,11,15,19H,7,9-10H2,1H3. The highest BCUT2D eigenvalue weighted by Crippen LogP contribution is 2.22. The summed E-state index contributed by atoms with van der Waals surface area (Å²) in [6, 6.07) is 9.34. The van der Waals surface area contributed by atoms with Crippen LogP contribution >= 0.6 is 0 Å². The van der Waals surface area contributed by atoms with Gasteiger partial charge in [-0.2, -0.15) is 0 Å². The first kappa shape index (κ1) is 13.1. The number of carbonyl (C=O) groups is 1. The van der Waals surface area contributed by atoms with Crippen LogP contribution in [-0.2, 0) is 0 Å². The Balaban J connectivity index is 1.93. The predicted octanol–water partition coefficient (Wildman–Crippen LogP) is 2.08. The number of hydrogen-bond donors (Lipinski definition) is 1. The largest absolute Gasteiger partial charge is 0.391 e. The van der Waals surface area contributed by atoms with Crippen LogP contribution in [0.25, 0.3) is 10.9 Å². The van der Waals surface area contributed by atoms with Crippen molar-refractivity contribution in [2.24, 2.45) is 5.92 Å². The molecule has 1 aliphatic heterocycles. The molecule has 0 radical (unpaired) electrons. The zero-order chi connectivity index (χ0) is 14.1. The maximum atomic E-state index is 12.7. The minimum atomic E-state index is -0.430. The van der Waals surface area contributed by atoms with E-state index in [1.165, 1.54) is 0 Å². The van der Waals surface area contributed by atoms with Gasteiger partial charge in [-0.05, 0) is 30.5 Å². The van der Waals surface area contributed by atoms with Gasteiger partial charge in [0.05, 0.1) is 11.6 Å². The van der Waals surface area contributed by atoms with Crippen LogP contribution in [0, 0.1) is 5.92 Å². The monoisotopic (exact) mass is 270 g/mol. The van der Waals surface area contributed by atoms with E-state index in [2.05, 4.69) is 4.98 Å². The topological polar surface area (TPSA) is 53.4 Å². The average Bonchev–Trinajstić information content (AvgIpc) is 2.49. The van der Waals surface area contributed by atoms with Gasteiger partial charge >= 0.3 is 0 Å². The fourth-order valence-electron chi connectivity index (χ4n) is 2.69. The SMILES string of the molecule is CC1CCN(C(=O)c2cccc3ncccc23)CC1O. The number of likely N-dealkylation sites (tertiary alicyclic amines) is 1. The molecule has 1 saturated heterocycles. The van der Waals surface area contributed by atoms with Gasteiger partial charge in [-0.3, -0.25) is 9.78 Å². The van der Waals surface area contributed by atoms with Gasteiger partial charge in [-0.15, -0.1) is 0 Å². The van der Waals surface area contributed by atoms with Crippen molar-refractivity contribution in [3.8, 4) is 0 Å². The Bertz CT molecular complexity index is 636. The van der Waals surface area contributed by atoms with E-state index in [0.29, 0.717) is 18.7 Å². The Labute approximate surface area is 118 Å². The molecule has 2 aromatic rings. The van der Waals surface area contributed by atoms with E-state index in [1.54, 1.807) is 11.1 Å². The summed E-state index contributed by atoms with van der Waals surface area (Å²) in [5, 5.41) is 10.8. The Morgan fingerprint density at radius 1 is 1.35 bits per heavy atom. The molecule has 1 amide bonds. The lowest BCUT2D eigenvalue weighted by Gasteiger charge is -2.34. The molecule has 2 atom stereocenters. The molecule has 0 spiro atoms. The van der Waals surface area contributed by atoms with Crippen molar-refractivity contribution in [2.45, 2.75) is 19.4 Å². The summed E-state index contributed by atoms with van der Waals surface area (Å²) in [7, 11) is 0. The summed E-state index contributed by atoms with van der Waals surface area (Å²) >= 11 is 0. The molecule has 2 heterocycles. The number of β-amino-alcohol motifs (C(OH)–C–C–N with tert-alkyl or cyclic N) is 1. The third-order valence-corrected chi connectivity index (χ3v) is 4.08. The highest BCUT2D eigenvalue weighted by atomic mass is 16.3. The van der Waals surface area contributed by atoms with Crippen LogP contribution in [0.1, 0.15) is 23.7 Å². The minimum Gasteiger partial charge on any atom is -0.391 e. The molecule has 1 aliphatic rings. The van der Waals surface area contributed by atoms with Gasteiger partial charge in [0.15, 0.2) is 0 Å². The zero-order valence-electron chi connectivity index (χ0n) is 11.5. The maximum Gasteiger partial charge on any atom is 0.254 e. The number of piperidine rings is 1. The van der Waals surface area contributed by atoms with Crippen LogP contribution in [0.3, 0.4) is 0 Å². The van der Waals surface area contributed by atoms with Crippen molar-refractivity contribution in [3.05, 3.63) is 42.1 Å². The van der Waals surface area contributed by atoms with Gasteiger partial charge in [0.2, 0.25) is 0 Å². The predicted molar refractivity (Wildman–Crippen MR) is 77.4 cm³/mol. The molecule has 3 rings (SSSR count). The molecule has 2 unspecified atom stereocenters. The molecular weight excluding hydrogens is 252 g/mol. The Kier molecular flexibility index (Phi) is 3.40. The molecule has 4 heteroatoms. The third kappa shape index (κ3) is 2.27. The minimum absolute atomic E-state index is 0.0189. The molecule has 1 aromatic carbocycles. The van der Waals surface area contributed by atoms with Gasteiger partial charge in [0.25, 0.3) is 5.91 Å². The van der Waals surface area contributed by atoms with E-state index in [1.807, 2.05) is 37.3 Å². The van der Waals surface area contributed by atoms with Gasteiger partial charge in [-0.25, -0.2) is 0 Å². The number of carbonyl (C=O) groups excluding carboxylic acids is 1. The number of hydrogen-bond acceptors (Lipinski definition) is 3. The summed E-state index contributed by atoms with van der Waals surface area (Å²) in [5.74, 6) is 0.239. The fourth-order valence-corrected chi connectivity index (χ4v) is 2.69. The highest BCUT2D eigenvalue weighted by molar-refractivity contribution is 6.06. The third-order valence-electron chi connectivity index (χ3n) is 4.08. The Hall–Kier alpha value is -1.94. The fraction of sp³-hybridized carbons (Fsp3) is 0.375. The lowest BCUT2D eigenvalue weighted by Crippen LogP contribution is -2.45.